The maximum Gasteiger partial charge on any atom is 0.141 e. The molecule has 18 heavy (non-hydrogen) atoms. The van der Waals surface area contributed by atoms with Crippen molar-refractivity contribution in [1.29, 1.82) is 5.26 Å². The van der Waals surface area contributed by atoms with Crippen molar-refractivity contribution >= 4 is 45.8 Å². The van der Waals surface area contributed by atoms with Crippen LogP contribution in [-0.2, 0) is 7.05 Å². The van der Waals surface area contributed by atoms with Crippen molar-refractivity contribution in [2.24, 2.45) is 7.05 Å². The zero-order chi connectivity index (χ0) is 13.4. The van der Waals surface area contributed by atoms with Gasteiger partial charge in [0, 0.05) is 21.7 Å². The fourth-order valence-electron chi connectivity index (χ4n) is 1.75. The molecule has 92 valence electrons. The van der Waals surface area contributed by atoms with Gasteiger partial charge < -0.3 is 0 Å². The van der Waals surface area contributed by atoms with Gasteiger partial charge in [0.05, 0.1) is 15.7 Å². The van der Waals surface area contributed by atoms with Crippen LogP contribution in [0.4, 0.5) is 0 Å². The van der Waals surface area contributed by atoms with Crippen LogP contribution >= 0.6 is 45.8 Å². The number of aromatic nitrogens is 2. The summed E-state index contributed by atoms with van der Waals surface area (Å²) < 4.78 is 2.46. The van der Waals surface area contributed by atoms with Gasteiger partial charge in [-0.25, -0.2) is 0 Å². The van der Waals surface area contributed by atoms with Crippen LogP contribution in [0.1, 0.15) is 11.3 Å². The Hall–Kier alpha value is -0.770. The molecule has 2 aromatic rings. The van der Waals surface area contributed by atoms with Crippen molar-refractivity contribution in [2.75, 3.05) is 0 Å². The van der Waals surface area contributed by atoms with Gasteiger partial charge in [0.2, 0.25) is 0 Å². The minimum Gasteiger partial charge on any atom is -0.257 e. The lowest BCUT2D eigenvalue weighted by Gasteiger charge is -2.05. The highest BCUT2D eigenvalue weighted by Gasteiger charge is 2.17. The highest BCUT2D eigenvalue weighted by molar-refractivity contribution is 14.1. The number of rotatable bonds is 1. The van der Waals surface area contributed by atoms with Crippen LogP contribution in [0.2, 0.25) is 10.0 Å². The van der Waals surface area contributed by atoms with Gasteiger partial charge in [-0.05, 0) is 41.6 Å². The molecule has 1 heterocycles. The van der Waals surface area contributed by atoms with Crippen molar-refractivity contribution in [2.45, 2.75) is 6.92 Å². The summed E-state index contributed by atoms with van der Waals surface area (Å²) in [5.74, 6) is 0. The average molecular weight is 392 g/mol. The van der Waals surface area contributed by atoms with Crippen LogP contribution in [-0.4, -0.2) is 9.78 Å². The Morgan fingerprint density at radius 3 is 2.56 bits per heavy atom. The predicted molar refractivity (Wildman–Crippen MR) is 80.8 cm³/mol. The molecule has 0 unspecified atom stereocenters. The van der Waals surface area contributed by atoms with Gasteiger partial charge >= 0.3 is 0 Å². The molecule has 0 saturated carbocycles. The minimum absolute atomic E-state index is 0.533. The quantitative estimate of drug-likeness (QED) is 0.540. The highest BCUT2D eigenvalue weighted by atomic mass is 127. The van der Waals surface area contributed by atoms with Gasteiger partial charge in [0.25, 0.3) is 0 Å². The predicted octanol–water partition coefficient (Wildman–Crippen LogP) is 4.18. The molecular formula is C12H8Cl2IN3. The summed E-state index contributed by atoms with van der Waals surface area (Å²) in [6.07, 6.45) is 0. The van der Waals surface area contributed by atoms with Crippen LogP contribution in [0.3, 0.4) is 0 Å². The van der Waals surface area contributed by atoms with Crippen LogP contribution in [0, 0.1) is 21.8 Å². The van der Waals surface area contributed by atoms with E-state index in [1.807, 2.05) is 13.0 Å². The molecule has 0 amide bonds. The molecular weight excluding hydrogens is 384 g/mol. The van der Waals surface area contributed by atoms with Crippen molar-refractivity contribution in [3.63, 3.8) is 0 Å². The van der Waals surface area contributed by atoms with Crippen molar-refractivity contribution in [3.05, 3.63) is 37.0 Å². The van der Waals surface area contributed by atoms with E-state index < -0.39 is 0 Å². The van der Waals surface area contributed by atoms with Crippen LogP contribution in [0.15, 0.2) is 12.1 Å². The largest absolute Gasteiger partial charge is 0.257 e. The summed E-state index contributed by atoms with van der Waals surface area (Å²) in [7, 11) is 1.74. The second-order valence-corrected chi connectivity index (χ2v) is 5.78. The Kier molecular flexibility index (Phi) is 3.85. The van der Waals surface area contributed by atoms with Gasteiger partial charge in [0.15, 0.2) is 0 Å². The highest BCUT2D eigenvalue weighted by Crippen LogP contribution is 2.35. The summed E-state index contributed by atoms with van der Waals surface area (Å²) in [4.78, 5) is 0. The molecule has 2 rings (SSSR count). The molecule has 1 aromatic heterocycles. The number of nitrogens with zero attached hydrogens (tertiary/aromatic N) is 3. The molecule has 0 fully saturated rings. The zero-order valence-electron chi connectivity index (χ0n) is 9.63. The van der Waals surface area contributed by atoms with Crippen LogP contribution < -0.4 is 0 Å². The second-order valence-electron chi connectivity index (χ2n) is 3.80. The SMILES string of the molecule is Cc1c(-c2cc(I)c(Cl)cc2Cl)nn(C)c1C#N. The summed E-state index contributed by atoms with van der Waals surface area (Å²) in [5, 5.41) is 14.6. The molecule has 0 bridgehead atoms. The number of aryl methyl sites for hydroxylation is 1. The third-order valence-corrected chi connectivity index (χ3v) is 4.49. The first-order chi connectivity index (χ1) is 8.45. The minimum atomic E-state index is 0.533. The average Bonchev–Trinajstić information content (AvgIpc) is 2.59. The molecule has 0 saturated heterocycles. The zero-order valence-corrected chi connectivity index (χ0v) is 13.3. The fourth-order valence-corrected chi connectivity index (χ4v) is 2.69. The lowest BCUT2D eigenvalue weighted by Crippen LogP contribution is -1.93. The van der Waals surface area contributed by atoms with Gasteiger partial charge in [-0.2, -0.15) is 10.4 Å². The normalized spacial score (nSPS) is 10.4. The molecule has 0 aliphatic carbocycles. The Labute approximate surface area is 128 Å². The number of benzene rings is 1. The maximum absolute atomic E-state index is 9.06. The summed E-state index contributed by atoms with van der Waals surface area (Å²) in [6, 6.07) is 5.70. The molecule has 0 spiro atoms. The van der Waals surface area contributed by atoms with Gasteiger partial charge in [-0.1, -0.05) is 23.2 Å². The molecule has 0 atom stereocenters. The number of nitriles is 1. The Morgan fingerprint density at radius 1 is 1.33 bits per heavy atom. The molecule has 3 nitrogen and oxygen atoms in total. The van der Waals surface area contributed by atoms with E-state index in [1.165, 1.54) is 0 Å². The lowest BCUT2D eigenvalue weighted by molar-refractivity contribution is 0.758. The Balaban J connectivity index is 2.71. The van der Waals surface area contributed by atoms with E-state index in [9.17, 15) is 0 Å². The molecule has 0 aliphatic rings. The van der Waals surface area contributed by atoms with Gasteiger partial charge in [0.1, 0.15) is 11.8 Å². The summed E-state index contributed by atoms with van der Waals surface area (Å²) in [6.45, 7) is 1.86. The smallest absolute Gasteiger partial charge is 0.141 e. The lowest BCUT2D eigenvalue weighted by atomic mass is 10.1. The van der Waals surface area contributed by atoms with Crippen molar-refractivity contribution < 1.29 is 0 Å². The molecule has 0 radical (unpaired) electrons. The van der Waals surface area contributed by atoms with E-state index in [1.54, 1.807) is 17.8 Å². The van der Waals surface area contributed by atoms with Crippen LogP contribution in [0.5, 0.6) is 0 Å². The first kappa shape index (κ1) is 13.7. The van der Waals surface area contributed by atoms with E-state index in [4.69, 9.17) is 28.5 Å². The number of halogens is 3. The molecule has 0 N–H and O–H groups in total. The first-order valence-corrected chi connectivity index (χ1v) is 6.87. The van der Waals surface area contributed by atoms with E-state index in [0.717, 1.165) is 14.7 Å². The Bertz CT molecular complexity index is 671. The van der Waals surface area contributed by atoms with E-state index in [2.05, 4.69) is 33.8 Å². The van der Waals surface area contributed by atoms with E-state index >= 15 is 0 Å². The van der Waals surface area contributed by atoms with E-state index in [-0.39, 0.29) is 0 Å². The third-order valence-electron chi connectivity index (χ3n) is 2.66. The summed E-state index contributed by atoms with van der Waals surface area (Å²) in [5.41, 5.74) is 2.86. The second kappa shape index (κ2) is 5.08. The van der Waals surface area contributed by atoms with Gasteiger partial charge in [-0.15, -0.1) is 0 Å². The number of hydrogen-bond donors (Lipinski definition) is 0. The first-order valence-electron chi connectivity index (χ1n) is 5.04. The standard InChI is InChI=1S/C12H8Cl2IN3/c1-6-11(5-16)18(2)17-12(6)7-3-10(15)9(14)4-8(7)13/h3-4H,1-2H3. The molecule has 6 heteroatoms. The Morgan fingerprint density at radius 2 is 2.00 bits per heavy atom. The fraction of sp³-hybridized carbons (Fsp3) is 0.167. The van der Waals surface area contributed by atoms with Crippen LogP contribution in [0.25, 0.3) is 11.3 Å². The molecule has 1 aromatic carbocycles. The van der Waals surface area contributed by atoms with Crippen molar-refractivity contribution in [1.82, 2.24) is 9.78 Å². The van der Waals surface area contributed by atoms with Crippen molar-refractivity contribution in [3.8, 4) is 17.3 Å². The third kappa shape index (κ3) is 2.22. The van der Waals surface area contributed by atoms with E-state index in [0.29, 0.717) is 21.4 Å². The molecule has 0 aliphatic heterocycles. The topological polar surface area (TPSA) is 41.6 Å². The monoisotopic (exact) mass is 391 g/mol. The number of hydrogen-bond acceptors (Lipinski definition) is 2. The van der Waals surface area contributed by atoms with Gasteiger partial charge in [-0.3, -0.25) is 4.68 Å². The maximum atomic E-state index is 9.06. The summed E-state index contributed by atoms with van der Waals surface area (Å²) >= 11 is 14.3.